The highest BCUT2D eigenvalue weighted by Crippen LogP contribution is 2.17. The third-order valence-corrected chi connectivity index (χ3v) is 4.46. The van der Waals surface area contributed by atoms with Crippen molar-refractivity contribution >= 4 is 28.5 Å². The number of hydrogen-bond acceptors (Lipinski definition) is 3. The van der Waals surface area contributed by atoms with Gasteiger partial charge in [-0.15, -0.1) is 0 Å². The number of halogens is 1. The van der Waals surface area contributed by atoms with Gasteiger partial charge in [0.1, 0.15) is 11.6 Å². The second-order valence-corrected chi connectivity index (χ2v) is 6.67. The average molecular weight is 360 g/mol. The molecule has 0 spiro atoms. The first-order valence-electron chi connectivity index (χ1n) is 8.43. The molecule has 1 aromatic carbocycles. The summed E-state index contributed by atoms with van der Waals surface area (Å²) < 4.78 is 2.01. The summed E-state index contributed by atoms with van der Waals surface area (Å²) in [4.78, 5) is 24.0. The van der Waals surface area contributed by atoms with E-state index in [-0.39, 0.29) is 11.9 Å². The van der Waals surface area contributed by atoms with Crippen LogP contribution >= 0.6 is 11.6 Å². The molecule has 2 N–H and O–H groups in total. The molecule has 0 aliphatic carbocycles. The lowest BCUT2D eigenvalue weighted by Crippen LogP contribution is -2.27. The third-order valence-electron chi connectivity index (χ3n) is 4.22. The van der Waals surface area contributed by atoms with Crippen LogP contribution in [0.2, 0.25) is 5.02 Å². The summed E-state index contributed by atoms with van der Waals surface area (Å²) in [6.07, 6.45) is 5.71. The minimum atomic E-state index is 0.0528. The number of amides is 1. The van der Waals surface area contributed by atoms with Crippen LogP contribution in [-0.4, -0.2) is 32.0 Å². The largest absolute Gasteiger partial charge is 0.356 e. The second kappa shape index (κ2) is 7.70. The molecular formula is C18H22ClN5O. The van der Waals surface area contributed by atoms with Crippen molar-refractivity contribution in [2.24, 2.45) is 0 Å². The molecule has 2 heterocycles. The first kappa shape index (κ1) is 17.5. The smallest absolute Gasteiger partial charge is 0.222 e. The molecular weight excluding hydrogens is 338 g/mol. The lowest BCUT2D eigenvalue weighted by Gasteiger charge is -2.14. The molecule has 0 saturated heterocycles. The summed E-state index contributed by atoms with van der Waals surface area (Å²) >= 11 is 5.98. The van der Waals surface area contributed by atoms with Crippen LogP contribution in [0.1, 0.15) is 37.5 Å². The number of benzene rings is 1. The summed E-state index contributed by atoms with van der Waals surface area (Å²) in [6, 6.07) is 5.70. The van der Waals surface area contributed by atoms with E-state index in [1.54, 1.807) is 6.20 Å². The summed E-state index contributed by atoms with van der Waals surface area (Å²) in [5.74, 6) is 1.89. The summed E-state index contributed by atoms with van der Waals surface area (Å²) in [5, 5.41) is 3.66. The van der Waals surface area contributed by atoms with Gasteiger partial charge in [0, 0.05) is 42.8 Å². The van der Waals surface area contributed by atoms with Gasteiger partial charge in [-0.2, -0.15) is 0 Å². The van der Waals surface area contributed by atoms with E-state index in [0.29, 0.717) is 18.0 Å². The van der Waals surface area contributed by atoms with Crippen LogP contribution in [0.5, 0.6) is 0 Å². The van der Waals surface area contributed by atoms with Gasteiger partial charge in [0.25, 0.3) is 0 Å². The van der Waals surface area contributed by atoms with Gasteiger partial charge >= 0.3 is 0 Å². The minimum absolute atomic E-state index is 0.0528. The van der Waals surface area contributed by atoms with Crippen molar-refractivity contribution in [1.29, 1.82) is 0 Å². The number of H-pyrrole nitrogens is 1. The average Bonchev–Trinajstić information content (AvgIpc) is 3.16. The SMILES string of the molecule is Cc1nccn1[C@@H](C)CC(=O)NCCCc1nc2ccc(Cl)cc2[nH]1. The molecule has 1 atom stereocenters. The maximum absolute atomic E-state index is 12.1. The molecule has 6 nitrogen and oxygen atoms in total. The molecule has 0 aliphatic rings. The molecule has 25 heavy (non-hydrogen) atoms. The number of aryl methyl sites for hydroxylation is 2. The number of hydrogen-bond donors (Lipinski definition) is 2. The monoisotopic (exact) mass is 359 g/mol. The van der Waals surface area contributed by atoms with Gasteiger partial charge in [-0.1, -0.05) is 11.6 Å². The van der Waals surface area contributed by atoms with Crippen molar-refractivity contribution in [3.63, 3.8) is 0 Å². The van der Waals surface area contributed by atoms with Crippen molar-refractivity contribution in [2.75, 3.05) is 6.54 Å². The van der Waals surface area contributed by atoms with E-state index in [4.69, 9.17) is 11.6 Å². The Kier molecular flexibility index (Phi) is 5.38. The normalized spacial score (nSPS) is 12.4. The number of nitrogens with zero attached hydrogens (tertiary/aromatic N) is 3. The number of fused-ring (bicyclic) bond motifs is 1. The molecule has 0 bridgehead atoms. The van der Waals surface area contributed by atoms with Gasteiger partial charge in [0.05, 0.1) is 11.0 Å². The molecule has 7 heteroatoms. The first-order valence-corrected chi connectivity index (χ1v) is 8.81. The highest BCUT2D eigenvalue weighted by atomic mass is 35.5. The quantitative estimate of drug-likeness (QED) is 0.634. The van der Waals surface area contributed by atoms with Crippen molar-refractivity contribution in [1.82, 2.24) is 24.8 Å². The van der Waals surface area contributed by atoms with Crippen LogP contribution in [0.4, 0.5) is 0 Å². The Labute approximate surface area is 151 Å². The Balaban J connectivity index is 1.43. The summed E-state index contributed by atoms with van der Waals surface area (Å²) in [6.45, 7) is 4.59. The maximum atomic E-state index is 12.1. The van der Waals surface area contributed by atoms with Gasteiger partial charge in [-0.05, 0) is 38.5 Å². The van der Waals surface area contributed by atoms with Crippen LogP contribution in [0.15, 0.2) is 30.6 Å². The number of imidazole rings is 2. The van der Waals surface area contributed by atoms with Crippen LogP contribution in [0.3, 0.4) is 0 Å². The molecule has 132 valence electrons. The van der Waals surface area contributed by atoms with Gasteiger partial charge in [-0.25, -0.2) is 9.97 Å². The van der Waals surface area contributed by atoms with Crippen LogP contribution in [-0.2, 0) is 11.2 Å². The highest BCUT2D eigenvalue weighted by Gasteiger charge is 2.12. The molecule has 3 aromatic rings. The number of nitrogens with one attached hydrogen (secondary N) is 2. The summed E-state index contributed by atoms with van der Waals surface area (Å²) in [7, 11) is 0. The molecule has 0 unspecified atom stereocenters. The molecule has 0 aliphatic heterocycles. The predicted molar refractivity (Wildman–Crippen MR) is 98.7 cm³/mol. The zero-order valence-electron chi connectivity index (χ0n) is 14.4. The van der Waals surface area contributed by atoms with Crippen molar-refractivity contribution in [3.05, 3.63) is 47.3 Å². The molecule has 0 saturated carbocycles. The Morgan fingerprint density at radius 1 is 1.44 bits per heavy atom. The van der Waals surface area contributed by atoms with E-state index < -0.39 is 0 Å². The van der Waals surface area contributed by atoms with E-state index in [1.807, 2.05) is 42.8 Å². The Morgan fingerprint density at radius 2 is 2.28 bits per heavy atom. The fraction of sp³-hybridized carbons (Fsp3) is 0.389. The van der Waals surface area contributed by atoms with Gasteiger partial charge < -0.3 is 14.9 Å². The summed E-state index contributed by atoms with van der Waals surface area (Å²) in [5.41, 5.74) is 1.85. The number of carbonyl (C=O) groups is 1. The zero-order valence-corrected chi connectivity index (χ0v) is 15.2. The molecule has 2 aromatic heterocycles. The molecule has 3 rings (SSSR count). The highest BCUT2D eigenvalue weighted by molar-refractivity contribution is 6.31. The van der Waals surface area contributed by atoms with E-state index >= 15 is 0 Å². The topological polar surface area (TPSA) is 75.6 Å². The first-order chi connectivity index (χ1) is 12.0. The lowest BCUT2D eigenvalue weighted by molar-refractivity contribution is -0.121. The number of rotatable bonds is 7. The van der Waals surface area contributed by atoms with Crippen molar-refractivity contribution in [3.8, 4) is 0 Å². The second-order valence-electron chi connectivity index (χ2n) is 6.23. The Hall–Kier alpha value is -2.34. The number of aromatic nitrogens is 4. The van der Waals surface area contributed by atoms with Crippen molar-refractivity contribution in [2.45, 2.75) is 39.2 Å². The Bertz CT molecular complexity index is 869. The van der Waals surface area contributed by atoms with E-state index in [0.717, 1.165) is 35.5 Å². The van der Waals surface area contributed by atoms with Crippen LogP contribution in [0.25, 0.3) is 11.0 Å². The van der Waals surface area contributed by atoms with Crippen LogP contribution < -0.4 is 5.32 Å². The number of aromatic amines is 1. The minimum Gasteiger partial charge on any atom is -0.356 e. The lowest BCUT2D eigenvalue weighted by atomic mass is 10.2. The Morgan fingerprint density at radius 3 is 3.04 bits per heavy atom. The number of carbonyl (C=O) groups excluding carboxylic acids is 1. The van der Waals surface area contributed by atoms with E-state index in [1.165, 1.54) is 0 Å². The standard InChI is InChI=1S/C18H22ClN5O/c1-12(24-9-8-20-13(24)2)10-18(25)21-7-3-4-17-22-15-6-5-14(19)11-16(15)23-17/h5-6,8-9,11-12H,3-4,7,10H2,1-2H3,(H,21,25)(H,22,23)/t12-/m0/s1. The molecule has 0 radical (unpaired) electrons. The zero-order chi connectivity index (χ0) is 17.8. The van der Waals surface area contributed by atoms with E-state index in [9.17, 15) is 4.79 Å². The fourth-order valence-electron chi connectivity index (χ4n) is 2.93. The molecule has 0 fully saturated rings. The van der Waals surface area contributed by atoms with Crippen LogP contribution in [0, 0.1) is 6.92 Å². The third kappa shape index (κ3) is 4.39. The van der Waals surface area contributed by atoms with Gasteiger partial charge in [0.15, 0.2) is 0 Å². The maximum Gasteiger partial charge on any atom is 0.222 e. The predicted octanol–water partition coefficient (Wildman–Crippen LogP) is 3.42. The van der Waals surface area contributed by atoms with E-state index in [2.05, 4.69) is 20.3 Å². The van der Waals surface area contributed by atoms with Crippen molar-refractivity contribution < 1.29 is 4.79 Å². The molecule has 1 amide bonds. The van der Waals surface area contributed by atoms with Gasteiger partial charge in [-0.3, -0.25) is 4.79 Å². The fourth-order valence-corrected chi connectivity index (χ4v) is 3.10. The van der Waals surface area contributed by atoms with Gasteiger partial charge in [0.2, 0.25) is 5.91 Å².